The lowest BCUT2D eigenvalue weighted by molar-refractivity contribution is -0.141. The van der Waals surface area contributed by atoms with Crippen molar-refractivity contribution in [1.29, 1.82) is 0 Å². The number of halogens is 4. The quantitative estimate of drug-likeness (QED) is 0.778. The first kappa shape index (κ1) is 15.5. The van der Waals surface area contributed by atoms with Crippen LogP contribution >= 0.6 is 11.3 Å². The van der Waals surface area contributed by atoms with Gasteiger partial charge < -0.3 is 4.90 Å². The molecule has 0 fully saturated rings. The fourth-order valence-electron chi connectivity index (χ4n) is 1.79. The third-order valence-corrected chi connectivity index (χ3v) is 3.43. The van der Waals surface area contributed by atoms with E-state index in [4.69, 9.17) is 0 Å². The first-order valence-corrected chi connectivity index (χ1v) is 6.92. The minimum atomic E-state index is -4.49. The van der Waals surface area contributed by atoms with Crippen LogP contribution in [0.15, 0.2) is 41.1 Å². The summed E-state index contributed by atoms with van der Waals surface area (Å²) in [6, 6.07) is 6.10. The zero-order chi connectivity index (χ0) is 15.5. The van der Waals surface area contributed by atoms with E-state index in [-0.39, 0.29) is 12.1 Å². The molecule has 21 heavy (non-hydrogen) atoms. The number of hydrogen-bond acceptors (Lipinski definition) is 2. The fourth-order valence-corrected chi connectivity index (χ4v) is 2.45. The fraction of sp³-hybridized carbons (Fsp3) is 0.214. The number of benzene rings is 1. The van der Waals surface area contributed by atoms with Gasteiger partial charge in [-0.3, -0.25) is 4.79 Å². The highest BCUT2D eigenvalue weighted by molar-refractivity contribution is 7.07. The average Bonchev–Trinajstić information content (AvgIpc) is 2.89. The second-order valence-corrected chi connectivity index (χ2v) is 5.19. The van der Waals surface area contributed by atoms with E-state index >= 15 is 0 Å². The summed E-state index contributed by atoms with van der Waals surface area (Å²) in [6.07, 6.45) is -4.49. The zero-order valence-corrected chi connectivity index (χ0v) is 11.5. The van der Waals surface area contributed by atoms with Gasteiger partial charge in [0.25, 0.3) is 5.91 Å². The number of carbonyl (C=O) groups excluding carboxylic acids is 1. The van der Waals surface area contributed by atoms with Crippen LogP contribution in [0, 0.1) is 5.82 Å². The van der Waals surface area contributed by atoms with Gasteiger partial charge in [0.05, 0.1) is 0 Å². The van der Waals surface area contributed by atoms with E-state index in [0.29, 0.717) is 10.5 Å². The number of nitrogens with zero attached hydrogens (tertiary/aromatic N) is 1. The molecule has 0 unspecified atom stereocenters. The molecule has 2 nitrogen and oxygen atoms in total. The smallest absolute Gasteiger partial charge is 0.325 e. The number of amides is 1. The monoisotopic (exact) mass is 317 g/mol. The Morgan fingerprint density at radius 1 is 1.14 bits per heavy atom. The first-order chi connectivity index (χ1) is 9.85. The lowest BCUT2D eigenvalue weighted by Gasteiger charge is -2.23. The number of rotatable bonds is 4. The molecule has 2 rings (SSSR count). The normalized spacial score (nSPS) is 11.4. The van der Waals surface area contributed by atoms with Crippen LogP contribution in [0.4, 0.5) is 17.6 Å². The van der Waals surface area contributed by atoms with Gasteiger partial charge in [0.1, 0.15) is 12.4 Å². The molecule has 0 aliphatic heterocycles. The molecule has 0 bridgehead atoms. The number of carbonyl (C=O) groups is 1. The van der Waals surface area contributed by atoms with Crippen molar-refractivity contribution < 1.29 is 22.4 Å². The van der Waals surface area contributed by atoms with Crippen LogP contribution in [0.25, 0.3) is 0 Å². The Balaban J connectivity index is 2.21. The Hall–Kier alpha value is -1.89. The Morgan fingerprint density at radius 2 is 1.81 bits per heavy atom. The van der Waals surface area contributed by atoms with E-state index in [1.165, 1.54) is 23.5 Å². The molecular formula is C14H11F4NOS. The summed E-state index contributed by atoms with van der Waals surface area (Å²) in [5, 5.41) is 3.41. The topological polar surface area (TPSA) is 20.3 Å². The predicted molar refractivity (Wildman–Crippen MR) is 71.5 cm³/mol. The van der Waals surface area contributed by atoms with Crippen LogP contribution < -0.4 is 0 Å². The third-order valence-electron chi connectivity index (χ3n) is 2.70. The summed E-state index contributed by atoms with van der Waals surface area (Å²) >= 11 is 1.34. The van der Waals surface area contributed by atoms with Gasteiger partial charge in [-0.1, -0.05) is 0 Å². The molecule has 0 spiro atoms. The average molecular weight is 317 g/mol. The number of hydrogen-bond donors (Lipinski definition) is 0. The standard InChI is InChI=1S/C14H11F4NOS/c15-12-3-1-11(2-4-12)13(20)19(9-14(16,17)18)7-10-5-6-21-8-10/h1-6,8H,7,9H2. The van der Waals surface area contributed by atoms with E-state index in [1.807, 2.05) is 0 Å². The summed E-state index contributed by atoms with van der Waals surface area (Å²) in [4.78, 5) is 12.9. The van der Waals surface area contributed by atoms with Crippen LogP contribution in [-0.4, -0.2) is 23.5 Å². The summed E-state index contributed by atoms with van der Waals surface area (Å²) in [5.41, 5.74) is 0.649. The third kappa shape index (κ3) is 4.56. The highest BCUT2D eigenvalue weighted by Crippen LogP contribution is 2.21. The maximum atomic E-state index is 12.8. The van der Waals surface area contributed by atoms with Gasteiger partial charge in [0.2, 0.25) is 0 Å². The molecule has 112 valence electrons. The predicted octanol–water partition coefficient (Wildman–Crippen LogP) is 4.09. The van der Waals surface area contributed by atoms with E-state index in [9.17, 15) is 22.4 Å². The Labute approximate surface area is 122 Å². The van der Waals surface area contributed by atoms with Gasteiger partial charge in [-0.2, -0.15) is 24.5 Å². The second kappa shape index (κ2) is 6.26. The van der Waals surface area contributed by atoms with Gasteiger partial charge in [-0.05, 0) is 46.7 Å². The molecule has 0 saturated heterocycles. The van der Waals surface area contributed by atoms with Crippen molar-refractivity contribution in [3.8, 4) is 0 Å². The van der Waals surface area contributed by atoms with Gasteiger partial charge in [0.15, 0.2) is 0 Å². The molecule has 1 amide bonds. The Kier molecular flexibility index (Phi) is 4.62. The van der Waals surface area contributed by atoms with Gasteiger partial charge in [-0.25, -0.2) is 4.39 Å². The number of alkyl halides is 3. The lowest BCUT2D eigenvalue weighted by atomic mass is 10.2. The molecular weight excluding hydrogens is 306 g/mol. The molecule has 2 aromatic rings. The van der Waals surface area contributed by atoms with Crippen molar-refractivity contribution in [2.45, 2.75) is 12.7 Å². The highest BCUT2D eigenvalue weighted by atomic mass is 32.1. The summed E-state index contributed by atoms with van der Waals surface area (Å²) < 4.78 is 50.7. The summed E-state index contributed by atoms with van der Waals surface area (Å²) in [5.74, 6) is -1.33. The largest absolute Gasteiger partial charge is 0.406 e. The highest BCUT2D eigenvalue weighted by Gasteiger charge is 2.33. The van der Waals surface area contributed by atoms with Gasteiger partial charge >= 0.3 is 6.18 Å². The summed E-state index contributed by atoms with van der Waals surface area (Å²) in [7, 11) is 0. The van der Waals surface area contributed by atoms with Gasteiger partial charge in [0, 0.05) is 12.1 Å². The SMILES string of the molecule is O=C(c1ccc(F)cc1)N(Cc1ccsc1)CC(F)(F)F. The molecule has 0 saturated carbocycles. The van der Waals surface area contributed by atoms with Crippen LogP contribution in [0.3, 0.4) is 0 Å². The molecule has 1 heterocycles. The minimum absolute atomic E-state index is 0.0240. The molecule has 1 aromatic heterocycles. The minimum Gasteiger partial charge on any atom is -0.325 e. The molecule has 1 aromatic carbocycles. The molecule has 0 atom stereocenters. The zero-order valence-electron chi connectivity index (χ0n) is 10.7. The van der Waals surface area contributed by atoms with Crippen LogP contribution in [0.1, 0.15) is 15.9 Å². The van der Waals surface area contributed by atoms with Crippen LogP contribution in [0.2, 0.25) is 0 Å². The van der Waals surface area contributed by atoms with E-state index in [2.05, 4.69) is 0 Å². The second-order valence-electron chi connectivity index (χ2n) is 4.41. The van der Waals surface area contributed by atoms with Gasteiger partial charge in [-0.15, -0.1) is 0 Å². The van der Waals surface area contributed by atoms with Crippen molar-refractivity contribution in [3.05, 3.63) is 58.0 Å². The van der Waals surface area contributed by atoms with E-state index in [0.717, 1.165) is 12.1 Å². The maximum absolute atomic E-state index is 12.8. The Bertz CT molecular complexity index is 592. The Morgan fingerprint density at radius 3 is 2.33 bits per heavy atom. The van der Waals surface area contributed by atoms with Crippen LogP contribution in [-0.2, 0) is 6.54 Å². The first-order valence-electron chi connectivity index (χ1n) is 5.98. The van der Waals surface area contributed by atoms with Crippen molar-refractivity contribution >= 4 is 17.2 Å². The van der Waals surface area contributed by atoms with Crippen molar-refractivity contribution in [2.24, 2.45) is 0 Å². The van der Waals surface area contributed by atoms with E-state index < -0.39 is 24.4 Å². The van der Waals surface area contributed by atoms with E-state index in [1.54, 1.807) is 16.8 Å². The molecule has 7 heteroatoms. The molecule has 0 aliphatic carbocycles. The van der Waals surface area contributed by atoms with Crippen LogP contribution in [0.5, 0.6) is 0 Å². The van der Waals surface area contributed by atoms with Crippen molar-refractivity contribution in [2.75, 3.05) is 6.54 Å². The summed E-state index contributed by atoms with van der Waals surface area (Å²) in [6.45, 7) is -1.49. The molecule has 0 N–H and O–H groups in total. The molecule has 0 aliphatic rings. The number of thiophene rings is 1. The van der Waals surface area contributed by atoms with Crippen molar-refractivity contribution in [3.63, 3.8) is 0 Å². The van der Waals surface area contributed by atoms with Crippen molar-refractivity contribution in [1.82, 2.24) is 4.90 Å². The molecule has 0 radical (unpaired) electrons. The maximum Gasteiger partial charge on any atom is 0.406 e. The lowest BCUT2D eigenvalue weighted by Crippen LogP contribution is -2.38.